The summed E-state index contributed by atoms with van der Waals surface area (Å²) in [7, 11) is 0. The third kappa shape index (κ3) is 4.10. The number of nitrogens with zero attached hydrogens (tertiary/aromatic N) is 1. The van der Waals surface area contributed by atoms with Crippen molar-refractivity contribution in [3.8, 4) is 0 Å². The summed E-state index contributed by atoms with van der Waals surface area (Å²) < 4.78 is 6.09. The highest BCUT2D eigenvalue weighted by Crippen LogP contribution is 2.47. The summed E-state index contributed by atoms with van der Waals surface area (Å²) in [6.45, 7) is 11.3. The number of hydrogen-bond donors (Lipinski definition) is 1. The molecule has 2 aliphatic rings. The largest absolute Gasteiger partial charge is 0.464 e. The second kappa shape index (κ2) is 6.53. The minimum atomic E-state index is 0.668. The second-order valence-electron chi connectivity index (χ2n) is 7.50. The van der Waals surface area contributed by atoms with E-state index < -0.39 is 0 Å². The Hall–Kier alpha value is -0.800. The molecule has 1 aromatic rings. The predicted molar refractivity (Wildman–Crippen MR) is 86.4 cm³/mol. The van der Waals surface area contributed by atoms with Gasteiger partial charge in [-0.3, -0.25) is 4.90 Å². The minimum absolute atomic E-state index is 0.668. The van der Waals surface area contributed by atoms with Gasteiger partial charge in [0.25, 0.3) is 0 Å². The summed E-state index contributed by atoms with van der Waals surface area (Å²) in [6, 6.07) is 5.06. The molecule has 3 unspecified atom stereocenters. The van der Waals surface area contributed by atoms with Gasteiger partial charge in [-0.2, -0.15) is 0 Å². The van der Waals surface area contributed by atoms with E-state index in [0.29, 0.717) is 17.9 Å². The van der Waals surface area contributed by atoms with Gasteiger partial charge in [0.2, 0.25) is 0 Å². The first-order valence-electron chi connectivity index (χ1n) is 8.66. The highest BCUT2D eigenvalue weighted by molar-refractivity contribution is 5.17. The van der Waals surface area contributed by atoms with Crippen LogP contribution in [-0.2, 0) is 6.54 Å². The van der Waals surface area contributed by atoms with E-state index in [1.165, 1.54) is 31.6 Å². The van der Waals surface area contributed by atoms with E-state index in [0.717, 1.165) is 31.3 Å². The Labute approximate surface area is 129 Å². The van der Waals surface area contributed by atoms with Crippen LogP contribution >= 0.6 is 0 Å². The lowest BCUT2D eigenvalue weighted by Crippen LogP contribution is -2.38. The Bertz CT molecular complexity index is 448. The third-order valence-corrected chi connectivity index (χ3v) is 4.80. The zero-order chi connectivity index (χ0) is 14.8. The van der Waals surface area contributed by atoms with E-state index in [9.17, 15) is 0 Å². The molecule has 1 saturated carbocycles. The Balaban J connectivity index is 1.58. The first-order chi connectivity index (χ1) is 10.1. The average molecular weight is 290 g/mol. The van der Waals surface area contributed by atoms with Gasteiger partial charge in [-0.15, -0.1) is 0 Å². The molecule has 0 radical (unpaired) electrons. The van der Waals surface area contributed by atoms with Crippen LogP contribution in [0.3, 0.4) is 0 Å². The first-order valence-corrected chi connectivity index (χ1v) is 8.66. The molecule has 3 nitrogen and oxygen atoms in total. The standard InChI is InChI=1S/C18H30N2O/c1-13(2)10-20(11-15-5-4-8-19-15)12-16-6-7-18(21-16)17-9-14(17)3/h6-7,13-15,17,19H,4-5,8-12H2,1-3H3. The fourth-order valence-corrected chi connectivity index (χ4v) is 3.56. The van der Waals surface area contributed by atoms with Gasteiger partial charge in [0, 0.05) is 25.0 Å². The van der Waals surface area contributed by atoms with Crippen LogP contribution in [0.5, 0.6) is 0 Å². The minimum Gasteiger partial charge on any atom is -0.464 e. The smallest absolute Gasteiger partial charge is 0.118 e. The van der Waals surface area contributed by atoms with E-state index in [1.807, 2.05) is 0 Å². The van der Waals surface area contributed by atoms with Crippen molar-refractivity contribution in [1.82, 2.24) is 10.2 Å². The average Bonchev–Trinajstić information content (AvgIpc) is 2.84. The molecular weight excluding hydrogens is 260 g/mol. The number of furan rings is 1. The number of rotatable bonds is 7. The molecule has 0 amide bonds. The van der Waals surface area contributed by atoms with Gasteiger partial charge < -0.3 is 9.73 Å². The quantitative estimate of drug-likeness (QED) is 0.831. The molecule has 1 aliphatic heterocycles. The molecule has 2 fully saturated rings. The predicted octanol–water partition coefficient (Wildman–Crippen LogP) is 3.61. The van der Waals surface area contributed by atoms with Crippen molar-refractivity contribution in [3.63, 3.8) is 0 Å². The highest BCUT2D eigenvalue weighted by atomic mass is 16.3. The van der Waals surface area contributed by atoms with Crippen LogP contribution in [0.4, 0.5) is 0 Å². The maximum atomic E-state index is 6.09. The van der Waals surface area contributed by atoms with Crippen LogP contribution in [0.1, 0.15) is 57.5 Å². The topological polar surface area (TPSA) is 28.4 Å². The SMILES string of the molecule is CC(C)CN(Cc1ccc(C2CC2C)o1)CC1CCCN1. The van der Waals surface area contributed by atoms with Crippen LogP contribution in [0.25, 0.3) is 0 Å². The van der Waals surface area contributed by atoms with Crippen molar-refractivity contribution in [2.75, 3.05) is 19.6 Å². The van der Waals surface area contributed by atoms with E-state index in [4.69, 9.17) is 4.42 Å². The summed E-state index contributed by atoms with van der Waals surface area (Å²) >= 11 is 0. The molecule has 1 N–H and O–H groups in total. The molecule has 3 atom stereocenters. The van der Waals surface area contributed by atoms with Crippen molar-refractivity contribution in [3.05, 3.63) is 23.7 Å². The van der Waals surface area contributed by atoms with Crippen molar-refractivity contribution in [1.29, 1.82) is 0 Å². The molecule has 21 heavy (non-hydrogen) atoms. The van der Waals surface area contributed by atoms with Gasteiger partial charge >= 0.3 is 0 Å². The van der Waals surface area contributed by atoms with Crippen molar-refractivity contribution in [2.45, 2.75) is 58.5 Å². The summed E-state index contributed by atoms with van der Waals surface area (Å²) in [5.41, 5.74) is 0. The van der Waals surface area contributed by atoms with Gasteiger partial charge in [-0.25, -0.2) is 0 Å². The molecule has 2 heterocycles. The summed E-state index contributed by atoms with van der Waals surface area (Å²) in [6.07, 6.45) is 3.94. The van der Waals surface area contributed by atoms with Gasteiger partial charge in [0.05, 0.1) is 6.54 Å². The van der Waals surface area contributed by atoms with Crippen molar-refractivity contribution in [2.24, 2.45) is 11.8 Å². The molecule has 1 aliphatic carbocycles. The molecule has 1 aromatic heterocycles. The molecule has 0 aromatic carbocycles. The normalized spacial score (nSPS) is 28.7. The van der Waals surface area contributed by atoms with Crippen molar-refractivity contribution >= 4 is 0 Å². The zero-order valence-corrected chi connectivity index (χ0v) is 13.8. The molecular formula is C18H30N2O. The number of hydrogen-bond acceptors (Lipinski definition) is 3. The Morgan fingerprint density at radius 3 is 2.81 bits per heavy atom. The summed E-state index contributed by atoms with van der Waals surface area (Å²) in [4.78, 5) is 2.56. The number of nitrogens with one attached hydrogen (secondary N) is 1. The van der Waals surface area contributed by atoms with E-state index in [1.54, 1.807) is 0 Å². The van der Waals surface area contributed by atoms with Gasteiger partial charge in [0.1, 0.15) is 11.5 Å². The monoisotopic (exact) mass is 290 g/mol. The van der Waals surface area contributed by atoms with Crippen LogP contribution in [0.15, 0.2) is 16.5 Å². The highest BCUT2D eigenvalue weighted by Gasteiger charge is 2.36. The maximum Gasteiger partial charge on any atom is 0.118 e. The summed E-state index contributed by atoms with van der Waals surface area (Å²) in [5, 5.41) is 3.61. The Morgan fingerprint density at radius 1 is 1.38 bits per heavy atom. The fourth-order valence-electron chi connectivity index (χ4n) is 3.56. The molecule has 3 heteroatoms. The van der Waals surface area contributed by atoms with E-state index in [-0.39, 0.29) is 0 Å². The van der Waals surface area contributed by atoms with Gasteiger partial charge in [0.15, 0.2) is 0 Å². The Kier molecular flexibility index (Phi) is 4.70. The summed E-state index contributed by atoms with van der Waals surface area (Å²) in [5.74, 6) is 4.56. The zero-order valence-electron chi connectivity index (χ0n) is 13.8. The van der Waals surface area contributed by atoms with Gasteiger partial charge in [-0.05, 0) is 49.8 Å². The third-order valence-electron chi connectivity index (χ3n) is 4.80. The molecule has 118 valence electrons. The van der Waals surface area contributed by atoms with Crippen LogP contribution < -0.4 is 5.32 Å². The van der Waals surface area contributed by atoms with Crippen LogP contribution in [-0.4, -0.2) is 30.6 Å². The lowest BCUT2D eigenvalue weighted by Gasteiger charge is -2.26. The molecule has 0 spiro atoms. The molecule has 1 saturated heterocycles. The Morgan fingerprint density at radius 2 is 2.19 bits per heavy atom. The second-order valence-corrected chi connectivity index (χ2v) is 7.50. The van der Waals surface area contributed by atoms with Gasteiger partial charge in [-0.1, -0.05) is 20.8 Å². The van der Waals surface area contributed by atoms with Crippen molar-refractivity contribution < 1.29 is 4.42 Å². The lowest BCUT2D eigenvalue weighted by atomic mass is 10.1. The maximum absolute atomic E-state index is 6.09. The molecule has 3 rings (SSSR count). The lowest BCUT2D eigenvalue weighted by molar-refractivity contribution is 0.199. The fraction of sp³-hybridized carbons (Fsp3) is 0.778. The molecule has 0 bridgehead atoms. The van der Waals surface area contributed by atoms with Crippen LogP contribution in [0, 0.1) is 11.8 Å². The van der Waals surface area contributed by atoms with E-state index >= 15 is 0 Å². The van der Waals surface area contributed by atoms with Crippen LogP contribution in [0.2, 0.25) is 0 Å². The first kappa shape index (κ1) is 15.1. The van der Waals surface area contributed by atoms with E-state index in [2.05, 4.69) is 43.1 Å².